The Morgan fingerprint density at radius 1 is 0.957 bits per heavy atom. The second-order valence-electron chi connectivity index (χ2n) is 6.09. The van der Waals surface area contributed by atoms with Gasteiger partial charge in [0, 0.05) is 19.5 Å². The van der Waals surface area contributed by atoms with E-state index in [9.17, 15) is 4.79 Å². The first-order valence-electron chi connectivity index (χ1n) is 9.02. The Bertz CT molecular complexity index is 315. The minimum Gasteiger partial charge on any atom is -0.358 e. The van der Waals surface area contributed by atoms with Gasteiger partial charge in [-0.15, -0.1) is 12.6 Å². The van der Waals surface area contributed by atoms with Crippen molar-refractivity contribution in [1.82, 2.24) is 10.4 Å². The molecule has 0 radical (unpaired) electrons. The fourth-order valence-corrected chi connectivity index (χ4v) is 2.96. The maximum Gasteiger partial charge on any atom is 0.243 e. The van der Waals surface area contributed by atoms with Gasteiger partial charge in [0.05, 0.1) is 0 Å². The van der Waals surface area contributed by atoms with Crippen LogP contribution in [0.1, 0.15) is 84.0 Å². The Morgan fingerprint density at radius 3 is 1.91 bits per heavy atom. The highest BCUT2D eigenvalue weighted by Gasteiger charge is 2.07. The predicted molar refractivity (Wildman–Crippen MR) is 104 cm³/mol. The first-order chi connectivity index (χ1) is 11.1. The Morgan fingerprint density at radius 2 is 1.43 bits per heavy atom. The van der Waals surface area contributed by atoms with Crippen LogP contribution in [0.25, 0.3) is 0 Å². The van der Waals surface area contributed by atoms with E-state index in [0.717, 1.165) is 13.0 Å². The van der Waals surface area contributed by atoms with Gasteiger partial charge in [-0.2, -0.15) is 0 Å². The Balaban J connectivity index is 3.54. The van der Waals surface area contributed by atoms with E-state index >= 15 is 0 Å². The lowest BCUT2D eigenvalue weighted by atomic mass is 10.1. The molecule has 1 amide bonds. The summed E-state index contributed by atoms with van der Waals surface area (Å²) < 4.78 is 0.588. The molecule has 6 heteroatoms. The number of carbonyl (C=O) groups is 1. The van der Waals surface area contributed by atoms with E-state index in [2.05, 4.69) is 19.6 Å². The molecule has 0 aliphatic heterocycles. The number of thiocarbonyl (C=S) groups is 1. The SMILES string of the molecule is CCCCCCCCCCCCN(CCCC(=O)NO)C(=S)S. The molecule has 0 spiro atoms. The number of nitrogens with one attached hydrogen (secondary N) is 1. The number of hydroxylamine groups is 1. The highest BCUT2D eigenvalue weighted by atomic mass is 32.1. The van der Waals surface area contributed by atoms with E-state index in [0.29, 0.717) is 23.7 Å². The molecule has 4 nitrogen and oxygen atoms in total. The van der Waals surface area contributed by atoms with Gasteiger partial charge < -0.3 is 4.90 Å². The van der Waals surface area contributed by atoms with Gasteiger partial charge in [-0.1, -0.05) is 76.9 Å². The number of nitrogens with zero attached hydrogens (tertiary/aromatic N) is 1. The molecule has 0 heterocycles. The highest BCUT2D eigenvalue weighted by Crippen LogP contribution is 2.11. The lowest BCUT2D eigenvalue weighted by Crippen LogP contribution is -2.29. The molecular weight excluding hydrogens is 328 g/mol. The summed E-state index contributed by atoms with van der Waals surface area (Å²) in [6.45, 7) is 3.87. The third-order valence-electron chi connectivity index (χ3n) is 4.01. The van der Waals surface area contributed by atoms with Crippen molar-refractivity contribution in [2.75, 3.05) is 13.1 Å². The summed E-state index contributed by atoms with van der Waals surface area (Å²) in [5, 5.41) is 8.46. The van der Waals surface area contributed by atoms with Crippen molar-refractivity contribution in [2.24, 2.45) is 0 Å². The van der Waals surface area contributed by atoms with Crippen LogP contribution in [-0.4, -0.2) is 33.4 Å². The van der Waals surface area contributed by atoms with Crippen LogP contribution < -0.4 is 5.48 Å². The molecule has 0 unspecified atom stereocenters. The molecular formula is C17H34N2O2S2. The largest absolute Gasteiger partial charge is 0.358 e. The molecule has 0 bridgehead atoms. The molecule has 136 valence electrons. The summed E-state index contributed by atoms with van der Waals surface area (Å²) >= 11 is 9.38. The minimum atomic E-state index is -0.353. The summed E-state index contributed by atoms with van der Waals surface area (Å²) in [5.41, 5.74) is 1.65. The number of thiol groups is 1. The molecule has 23 heavy (non-hydrogen) atoms. The van der Waals surface area contributed by atoms with E-state index in [4.69, 9.17) is 17.4 Å². The van der Waals surface area contributed by atoms with Gasteiger partial charge in [0.1, 0.15) is 4.32 Å². The van der Waals surface area contributed by atoms with Crippen molar-refractivity contribution >= 4 is 35.1 Å². The quantitative estimate of drug-likeness (QED) is 0.130. The summed E-state index contributed by atoms with van der Waals surface area (Å²) in [6, 6.07) is 0. The van der Waals surface area contributed by atoms with Gasteiger partial charge in [0.2, 0.25) is 5.91 Å². The van der Waals surface area contributed by atoms with Crippen LogP contribution in [-0.2, 0) is 4.79 Å². The molecule has 0 aromatic heterocycles. The van der Waals surface area contributed by atoms with E-state index in [1.54, 1.807) is 5.48 Å². The van der Waals surface area contributed by atoms with Crippen LogP contribution in [0.3, 0.4) is 0 Å². The summed E-state index contributed by atoms with van der Waals surface area (Å²) in [6.07, 6.45) is 14.1. The van der Waals surface area contributed by atoms with Crippen molar-refractivity contribution in [3.8, 4) is 0 Å². The first kappa shape index (κ1) is 22.7. The molecule has 0 aliphatic carbocycles. The average Bonchev–Trinajstić information content (AvgIpc) is 2.54. The topological polar surface area (TPSA) is 52.6 Å². The molecule has 0 aromatic carbocycles. The fraction of sp³-hybridized carbons (Fsp3) is 0.882. The molecule has 0 atom stereocenters. The fourth-order valence-electron chi connectivity index (χ4n) is 2.58. The number of unbranched alkanes of at least 4 members (excludes halogenated alkanes) is 9. The van der Waals surface area contributed by atoms with Crippen molar-refractivity contribution in [3.63, 3.8) is 0 Å². The summed E-state index contributed by atoms with van der Waals surface area (Å²) in [7, 11) is 0. The van der Waals surface area contributed by atoms with Crippen LogP contribution in [0.4, 0.5) is 0 Å². The molecule has 0 rings (SSSR count). The summed E-state index contributed by atoms with van der Waals surface area (Å²) in [4.78, 5) is 13.0. The lowest BCUT2D eigenvalue weighted by molar-refractivity contribution is -0.129. The van der Waals surface area contributed by atoms with Gasteiger partial charge in [-0.3, -0.25) is 10.0 Å². The zero-order valence-corrected chi connectivity index (χ0v) is 16.3. The van der Waals surface area contributed by atoms with Crippen LogP contribution >= 0.6 is 24.8 Å². The number of amides is 1. The third-order valence-corrected chi connectivity index (χ3v) is 4.55. The van der Waals surface area contributed by atoms with Crippen molar-refractivity contribution in [3.05, 3.63) is 0 Å². The average molecular weight is 363 g/mol. The van der Waals surface area contributed by atoms with Crippen LogP contribution in [0.5, 0.6) is 0 Å². The molecule has 0 fully saturated rings. The molecule has 0 aromatic rings. The smallest absolute Gasteiger partial charge is 0.243 e. The van der Waals surface area contributed by atoms with E-state index in [1.165, 1.54) is 57.8 Å². The van der Waals surface area contributed by atoms with Gasteiger partial charge in [-0.25, -0.2) is 5.48 Å². The maximum absolute atomic E-state index is 11.0. The van der Waals surface area contributed by atoms with Crippen LogP contribution in [0.15, 0.2) is 0 Å². The molecule has 0 saturated heterocycles. The highest BCUT2D eigenvalue weighted by molar-refractivity contribution is 8.10. The van der Waals surface area contributed by atoms with Crippen molar-refractivity contribution in [1.29, 1.82) is 0 Å². The molecule has 2 N–H and O–H groups in total. The van der Waals surface area contributed by atoms with Gasteiger partial charge in [0.15, 0.2) is 0 Å². The number of hydrogen-bond acceptors (Lipinski definition) is 3. The first-order valence-corrected chi connectivity index (χ1v) is 9.88. The second kappa shape index (κ2) is 16.5. The van der Waals surface area contributed by atoms with Crippen LogP contribution in [0.2, 0.25) is 0 Å². The normalized spacial score (nSPS) is 10.6. The van der Waals surface area contributed by atoms with Gasteiger partial charge >= 0.3 is 0 Å². The maximum atomic E-state index is 11.0. The Hall–Kier alpha value is -0.330. The lowest BCUT2D eigenvalue weighted by Gasteiger charge is -2.22. The Kier molecular flexibility index (Phi) is 16.3. The molecule has 0 saturated carbocycles. The van der Waals surface area contributed by atoms with E-state index < -0.39 is 0 Å². The number of carbonyl (C=O) groups excluding carboxylic acids is 1. The van der Waals surface area contributed by atoms with E-state index in [1.807, 2.05) is 4.90 Å². The van der Waals surface area contributed by atoms with Crippen molar-refractivity contribution < 1.29 is 10.0 Å². The van der Waals surface area contributed by atoms with Crippen molar-refractivity contribution in [2.45, 2.75) is 84.0 Å². The monoisotopic (exact) mass is 362 g/mol. The standard InChI is InChI=1S/C17H34N2O2S2/c1-2-3-4-5-6-7-8-9-10-11-14-19(17(22)23)15-12-13-16(20)18-21/h21H,2-15H2,1H3,(H,18,20)(H,22,23). The van der Waals surface area contributed by atoms with Gasteiger partial charge in [-0.05, 0) is 12.8 Å². The molecule has 0 aliphatic rings. The predicted octanol–water partition coefficient (Wildman–Crippen LogP) is 4.71. The van der Waals surface area contributed by atoms with Gasteiger partial charge in [0.25, 0.3) is 0 Å². The summed E-state index contributed by atoms with van der Waals surface area (Å²) in [5.74, 6) is -0.353. The van der Waals surface area contributed by atoms with Crippen LogP contribution in [0, 0.1) is 0 Å². The zero-order valence-electron chi connectivity index (χ0n) is 14.6. The third kappa shape index (κ3) is 15.0. The minimum absolute atomic E-state index is 0.307. The number of rotatable bonds is 15. The van der Waals surface area contributed by atoms with E-state index in [-0.39, 0.29) is 5.91 Å². The number of hydrogen-bond donors (Lipinski definition) is 3. The Labute approximate surface area is 152 Å². The zero-order chi connectivity index (χ0) is 17.3. The second-order valence-corrected chi connectivity index (χ2v) is 7.20.